The summed E-state index contributed by atoms with van der Waals surface area (Å²) >= 11 is 12.2. The Balaban J connectivity index is 0.000000191. The zero-order valence-electron chi connectivity index (χ0n) is 36.7. The first-order valence-corrected chi connectivity index (χ1v) is 22.6. The molecule has 6 heterocycles. The van der Waals surface area contributed by atoms with Crippen LogP contribution in [0.25, 0.3) is 22.5 Å². The van der Waals surface area contributed by atoms with Crippen molar-refractivity contribution in [2.24, 2.45) is 0 Å². The van der Waals surface area contributed by atoms with Crippen molar-refractivity contribution < 1.29 is 30.0 Å². The van der Waals surface area contributed by atoms with Crippen molar-refractivity contribution in [2.75, 3.05) is 60.5 Å². The summed E-state index contributed by atoms with van der Waals surface area (Å²) < 4.78 is 0. The summed E-state index contributed by atoms with van der Waals surface area (Å²) in [6, 6.07) is 27.2. The van der Waals surface area contributed by atoms with Crippen LogP contribution in [0, 0.1) is 19.3 Å². The maximum absolute atomic E-state index is 12.2. The molecule has 10 rings (SSSR count). The monoisotopic (exact) mass is 1010 g/mol. The van der Waals surface area contributed by atoms with E-state index in [2.05, 4.69) is 77.1 Å². The molecule has 6 aromatic rings. The van der Waals surface area contributed by atoms with Crippen LogP contribution in [0.4, 0.5) is 34.6 Å². The zero-order valence-corrected chi connectivity index (χ0v) is 39.8. The van der Waals surface area contributed by atoms with Gasteiger partial charge in [0, 0.05) is 82.1 Å². The fourth-order valence-corrected chi connectivity index (χ4v) is 8.75. The molecule has 0 saturated carbocycles. The molecule has 4 aliphatic heterocycles. The number of aromatic nitrogens is 4. The number of halogens is 2. The Morgan fingerprint density at radius 1 is 0.636 bits per heavy atom. The van der Waals surface area contributed by atoms with Gasteiger partial charge in [0.05, 0.1) is 42.1 Å². The van der Waals surface area contributed by atoms with Crippen molar-refractivity contribution in [2.45, 2.75) is 51.4 Å². The average Bonchev–Trinajstić information content (AvgIpc) is 3.97. The van der Waals surface area contributed by atoms with Crippen molar-refractivity contribution in [3.8, 4) is 34.4 Å². The van der Waals surface area contributed by atoms with Crippen LogP contribution in [-0.4, -0.2) is 80.8 Å². The number of rotatable bonds is 9. The maximum Gasteiger partial charge on any atom is 0.228 e. The molecule has 0 spiro atoms. The second kappa shape index (κ2) is 22.7. The Hall–Kier alpha value is -5.70. The molecule has 2 amide bonds. The minimum absolute atomic E-state index is 0. The molecule has 4 aromatic carbocycles. The van der Waals surface area contributed by atoms with Crippen LogP contribution in [-0.2, 0) is 49.3 Å². The molecule has 12 nitrogen and oxygen atoms in total. The van der Waals surface area contributed by atoms with E-state index in [1.807, 2.05) is 36.4 Å². The number of fused-ring (bicyclic) bond motifs is 6. The number of hydrogen-bond acceptors (Lipinski definition) is 10. The van der Waals surface area contributed by atoms with Crippen molar-refractivity contribution in [1.82, 2.24) is 29.7 Å². The molecule has 0 unspecified atom stereocenters. The number of likely N-dealkylation sites (tertiary alicyclic amines) is 2. The van der Waals surface area contributed by atoms with Crippen LogP contribution < -0.4 is 21.3 Å². The first kappa shape index (κ1) is 48.2. The number of carbonyl (C=O) groups excluding carboxylic acids is 2. The van der Waals surface area contributed by atoms with E-state index in [9.17, 15) is 9.59 Å². The summed E-state index contributed by atoms with van der Waals surface area (Å²) in [5.41, 5.74) is 10.1. The fourth-order valence-electron chi connectivity index (χ4n) is 8.40. The van der Waals surface area contributed by atoms with Crippen LogP contribution in [0.1, 0.15) is 54.4 Å². The summed E-state index contributed by atoms with van der Waals surface area (Å²) in [5, 5.41) is 13.5. The van der Waals surface area contributed by atoms with Gasteiger partial charge < -0.3 is 33.6 Å². The van der Waals surface area contributed by atoms with Crippen molar-refractivity contribution in [3.05, 3.63) is 137 Å². The minimum Gasteiger partial charge on any atom is -0.358 e. The number of nitrogens with one attached hydrogen (secondary N) is 4. The van der Waals surface area contributed by atoms with E-state index < -0.39 is 0 Å². The van der Waals surface area contributed by atoms with Crippen molar-refractivity contribution >= 4 is 69.7 Å². The van der Waals surface area contributed by atoms with Gasteiger partial charge in [-0.1, -0.05) is 47.2 Å². The molecule has 2 fully saturated rings. The first-order valence-electron chi connectivity index (χ1n) is 21.9. The Morgan fingerprint density at radius 3 is 1.64 bits per heavy atom. The van der Waals surface area contributed by atoms with Gasteiger partial charge in [-0.25, -0.2) is 19.9 Å². The molecule has 66 heavy (non-hydrogen) atoms. The van der Waals surface area contributed by atoms with Crippen molar-refractivity contribution in [3.63, 3.8) is 0 Å². The summed E-state index contributed by atoms with van der Waals surface area (Å²) in [6.45, 7) is 6.83. The molecule has 0 aliphatic carbocycles. The normalized spacial score (nSPS) is 14.9. The van der Waals surface area contributed by atoms with Crippen LogP contribution in [0.5, 0.6) is 0 Å². The Morgan fingerprint density at radius 2 is 1.12 bits per heavy atom. The SMILES string of the molecule is O=C1Cc2cnc(Nc3ccc(C#CCN4CCCC4)cc3)nc2-c2ccc(Cl)cc2N1.O=C1Cc2cnc(Nc3ccc(CCCN4CCCC4)cc3)nc2-c2ccc(Cl)cc2N1.[CH3-].[Pd]. The molecule has 2 saturated heterocycles. The third-order valence-electron chi connectivity index (χ3n) is 11.7. The van der Waals surface area contributed by atoms with Gasteiger partial charge in [0.15, 0.2) is 0 Å². The Bertz CT molecular complexity index is 2730. The first-order chi connectivity index (χ1) is 31.3. The Labute approximate surface area is 410 Å². The number of hydrogen-bond donors (Lipinski definition) is 4. The molecule has 4 aliphatic rings. The standard InChI is InChI=1S/C25H26ClN5O.C25H22ClN5O.CH3.Pd/c2*26-19-7-10-21-22(15-19)29-23(32)14-18-16-27-25(30-24(18)21)28-20-8-5-17(6-9-20)4-3-13-31-11-1-2-12-31;;/h5-10,15-16H,1-4,11-14H2,(H,29,32)(H,27,28,30);5-10,15-16H,1-2,11-14H2,(H,29,32)(H,27,28,30);1H3;/q;;-1;. The van der Waals surface area contributed by atoms with Gasteiger partial charge in [0.2, 0.25) is 23.7 Å². The van der Waals surface area contributed by atoms with Crippen LogP contribution in [0.15, 0.2) is 97.3 Å². The third-order valence-corrected chi connectivity index (χ3v) is 12.1. The Kier molecular flexibility index (Phi) is 16.6. The fraction of sp³-hybridized carbons (Fsp3) is 0.275. The number of anilines is 6. The number of aryl methyl sites for hydroxylation is 1. The average molecular weight is 1010 g/mol. The van der Waals surface area contributed by atoms with Gasteiger partial charge in [-0.3, -0.25) is 14.5 Å². The topological polar surface area (TPSA) is 140 Å². The number of carbonyl (C=O) groups is 2. The molecular weight excluding hydrogens is 962 g/mol. The second-order valence-electron chi connectivity index (χ2n) is 16.4. The smallest absolute Gasteiger partial charge is 0.228 e. The quantitative estimate of drug-likeness (QED) is 0.0629. The molecule has 0 atom stereocenters. The summed E-state index contributed by atoms with van der Waals surface area (Å²) in [4.78, 5) is 47.7. The van der Waals surface area contributed by atoms with E-state index in [0.717, 1.165) is 76.6 Å². The molecule has 2 aromatic heterocycles. The number of benzene rings is 4. The zero-order chi connectivity index (χ0) is 43.8. The van der Waals surface area contributed by atoms with Crippen molar-refractivity contribution in [1.29, 1.82) is 0 Å². The number of nitrogens with zero attached hydrogens (tertiary/aromatic N) is 6. The van der Waals surface area contributed by atoms with Crippen LogP contribution in [0.2, 0.25) is 10.0 Å². The molecule has 0 bridgehead atoms. The summed E-state index contributed by atoms with van der Waals surface area (Å²) in [5.74, 6) is 7.24. The van der Waals surface area contributed by atoms with Gasteiger partial charge in [-0.2, -0.15) is 0 Å². The van der Waals surface area contributed by atoms with Crippen LogP contribution >= 0.6 is 23.2 Å². The van der Waals surface area contributed by atoms with Crippen LogP contribution in [0.3, 0.4) is 0 Å². The predicted molar refractivity (Wildman–Crippen MR) is 262 cm³/mol. The van der Waals surface area contributed by atoms with Gasteiger partial charge in [0.25, 0.3) is 0 Å². The van der Waals surface area contributed by atoms with Gasteiger partial charge >= 0.3 is 0 Å². The minimum atomic E-state index is -0.113. The van der Waals surface area contributed by atoms with E-state index in [0.29, 0.717) is 33.3 Å². The van der Waals surface area contributed by atoms with Gasteiger partial charge in [-0.15, -0.1) is 0 Å². The third kappa shape index (κ3) is 12.4. The summed E-state index contributed by atoms with van der Waals surface area (Å²) in [6.07, 6.45) is 11.4. The van der Waals surface area contributed by atoms with E-state index >= 15 is 0 Å². The number of amides is 2. The van der Waals surface area contributed by atoms with E-state index in [-0.39, 0.29) is 52.5 Å². The molecule has 0 radical (unpaired) electrons. The largest absolute Gasteiger partial charge is 0.358 e. The second-order valence-corrected chi connectivity index (χ2v) is 17.3. The maximum atomic E-state index is 12.2. The molecular formula is C51H51Cl2N10O2Pd-. The van der Waals surface area contributed by atoms with E-state index in [1.54, 1.807) is 36.7 Å². The molecule has 15 heteroatoms. The van der Waals surface area contributed by atoms with Gasteiger partial charge in [-0.05, 0) is 150 Å². The summed E-state index contributed by atoms with van der Waals surface area (Å²) in [7, 11) is 0. The van der Waals surface area contributed by atoms with E-state index in [1.165, 1.54) is 57.3 Å². The molecule has 342 valence electrons. The van der Waals surface area contributed by atoms with Gasteiger partial charge in [0.1, 0.15) is 0 Å². The van der Waals surface area contributed by atoms with E-state index in [4.69, 9.17) is 33.2 Å². The predicted octanol–water partition coefficient (Wildman–Crippen LogP) is 9.99. The molecule has 4 N–H and O–H groups in total.